The van der Waals surface area contributed by atoms with E-state index in [2.05, 4.69) is 10.3 Å². The number of carbonyl (C=O) groups excluding carboxylic acids is 1. The molecule has 2 rings (SSSR count). The fraction of sp³-hybridized carbons (Fsp3) is 0.308. The van der Waals surface area contributed by atoms with Crippen molar-refractivity contribution in [3.05, 3.63) is 55.0 Å². The van der Waals surface area contributed by atoms with E-state index in [-0.39, 0.29) is 18.2 Å². The predicted molar refractivity (Wildman–Crippen MR) is 77.3 cm³/mol. The van der Waals surface area contributed by atoms with Crippen LogP contribution in [-0.4, -0.2) is 21.5 Å². The lowest BCUT2D eigenvalue weighted by atomic mass is 10.3. The van der Waals surface area contributed by atoms with Gasteiger partial charge in [-0.15, -0.1) is 11.3 Å². The zero-order chi connectivity index (χ0) is 14.7. The van der Waals surface area contributed by atoms with Crippen molar-refractivity contribution in [2.45, 2.75) is 26.4 Å². The number of aromatic amines is 1. The first-order valence-electron chi connectivity index (χ1n) is 6.15. The van der Waals surface area contributed by atoms with Crippen LogP contribution < -0.4 is 16.6 Å². The SMILES string of the molecule is CC(C)NC(=O)c1c[nH]c(=O)n(Cc2cccs2)c1=O. The van der Waals surface area contributed by atoms with Crippen LogP contribution >= 0.6 is 11.3 Å². The number of rotatable bonds is 4. The Hall–Kier alpha value is -2.15. The van der Waals surface area contributed by atoms with Crippen LogP contribution in [0.15, 0.2) is 33.3 Å². The highest BCUT2D eigenvalue weighted by Crippen LogP contribution is 2.08. The number of nitrogens with one attached hydrogen (secondary N) is 2. The van der Waals surface area contributed by atoms with Gasteiger partial charge in [0.25, 0.3) is 11.5 Å². The van der Waals surface area contributed by atoms with E-state index in [1.54, 1.807) is 13.8 Å². The molecule has 2 N–H and O–H groups in total. The maximum absolute atomic E-state index is 12.2. The molecule has 2 heterocycles. The first-order chi connectivity index (χ1) is 9.49. The number of thiophene rings is 1. The molecule has 0 bridgehead atoms. The van der Waals surface area contributed by atoms with Gasteiger partial charge in [-0.05, 0) is 25.3 Å². The highest BCUT2D eigenvalue weighted by atomic mass is 32.1. The summed E-state index contributed by atoms with van der Waals surface area (Å²) < 4.78 is 1.03. The molecule has 6 nitrogen and oxygen atoms in total. The molecule has 0 unspecified atom stereocenters. The summed E-state index contributed by atoms with van der Waals surface area (Å²) in [6, 6.07) is 3.59. The average Bonchev–Trinajstić information content (AvgIpc) is 2.86. The molecule has 0 radical (unpaired) electrons. The van der Waals surface area contributed by atoms with E-state index < -0.39 is 17.2 Å². The first kappa shape index (κ1) is 14.3. The Bertz CT molecular complexity index is 713. The molecule has 20 heavy (non-hydrogen) atoms. The number of hydrogen-bond donors (Lipinski definition) is 2. The van der Waals surface area contributed by atoms with Crippen LogP contribution in [0.1, 0.15) is 29.1 Å². The molecule has 0 aliphatic rings. The van der Waals surface area contributed by atoms with Crippen LogP contribution in [0.25, 0.3) is 0 Å². The number of hydrogen-bond acceptors (Lipinski definition) is 4. The molecule has 0 aliphatic heterocycles. The third-order valence-corrected chi connectivity index (χ3v) is 3.48. The highest BCUT2D eigenvalue weighted by Gasteiger charge is 2.15. The van der Waals surface area contributed by atoms with E-state index in [0.29, 0.717) is 0 Å². The fourth-order valence-corrected chi connectivity index (χ4v) is 2.41. The van der Waals surface area contributed by atoms with E-state index in [1.807, 2.05) is 17.5 Å². The zero-order valence-corrected chi connectivity index (χ0v) is 12.0. The smallest absolute Gasteiger partial charge is 0.328 e. The number of aromatic nitrogens is 2. The molecule has 0 aliphatic carbocycles. The standard InChI is InChI=1S/C13H15N3O3S/c1-8(2)15-11(17)10-6-14-13(19)16(12(10)18)7-9-4-3-5-20-9/h3-6,8H,7H2,1-2H3,(H,14,19)(H,15,17). The molecule has 2 aromatic heterocycles. The third kappa shape index (κ3) is 3.05. The Morgan fingerprint density at radius 2 is 2.20 bits per heavy atom. The van der Waals surface area contributed by atoms with Crippen LogP contribution in [0.5, 0.6) is 0 Å². The van der Waals surface area contributed by atoms with Gasteiger partial charge in [0.2, 0.25) is 0 Å². The van der Waals surface area contributed by atoms with Gasteiger partial charge in [-0.2, -0.15) is 0 Å². The number of H-pyrrole nitrogens is 1. The Labute approximate surface area is 119 Å². The third-order valence-electron chi connectivity index (χ3n) is 2.62. The largest absolute Gasteiger partial charge is 0.350 e. The topological polar surface area (TPSA) is 84.0 Å². The summed E-state index contributed by atoms with van der Waals surface area (Å²) in [5.41, 5.74) is -1.17. The molecule has 106 valence electrons. The molecule has 0 atom stereocenters. The summed E-state index contributed by atoms with van der Waals surface area (Å²) in [6.07, 6.45) is 1.16. The highest BCUT2D eigenvalue weighted by molar-refractivity contribution is 7.09. The first-order valence-corrected chi connectivity index (χ1v) is 7.02. The quantitative estimate of drug-likeness (QED) is 0.874. The average molecular weight is 293 g/mol. The molecule has 2 aromatic rings. The lowest BCUT2D eigenvalue weighted by molar-refractivity contribution is 0.0940. The molecule has 1 amide bonds. The van der Waals surface area contributed by atoms with Gasteiger partial charge < -0.3 is 10.3 Å². The molecule has 0 saturated carbocycles. The van der Waals surface area contributed by atoms with E-state index >= 15 is 0 Å². The van der Waals surface area contributed by atoms with Crippen molar-refractivity contribution in [2.75, 3.05) is 0 Å². The zero-order valence-electron chi connectivity index (χ0n) is 11.2. The lowest BCUT2D eigenvalue weighted by Gasteiger charge is -2.09. The Kier molecular flexibility index (Phi) is 4.19. The summed E-state index contributed by atoms with van der Waals surface area (Å²) in [4.78, 5) is 39.2. The molecule has 0 aromatic carbocycles. The Morgan fingerprint density at radius 1 is 1.45 bits per heavy atom. The number of nitrogens with zero attached hydrogens (tertiary/aromatic N) is 1. The van der Waals surface area contributed by atoms with Crippen LogP contribution in [0, 0.1) is 0 Å². The van der Waals surface area contributed by atoms with E-state index in [1.165, 1.54) is 11.3 Å². The minimum absolute atomic E-state index is 0.0603. The van der Waals surface area contributed by atoms with Crippen LogP contribution in [0.3, 0.4) is 0 Å². The Balaban J connectivity index is 2.40. The lowest BCUT2D eigenvalue weighted by Crippen LogP contribution is -2.42. The predicted octanol–water partition coefficient (Wildman–Crippen LogP) is 0.785. The van der Waals surface area contributed by atoms with E-state index in [4.69, 9.17) is 0 Å². The van der Waals surface area contributed by atoms with Crippen LogP contribution in [0.4, 0.5) is 0 Å². The molecule has 0 spiro atoms. The van der Waals surface area contributed by atoms with E-state index in [0.717, 1.165) is 15.6 Å². The van der Waals surface area contributed by atoms with Crippen LogP contribution in [-0.2, 0) is 6.54 Å². The summed E-state index contributed by atoms with van der Waals surface area (Å²) in [5.74, 6) is -0.485. The second-order valence-electron chi connectivity index (χ2n) is 4.61. The maximum atomic E-state index is 12.2. The van der Waals surface area contributed by atoms with Crippen molar-refractivity contribution in [3.8, 4) is 0 Å². The van der Waals surface area contributed by atoms with Gasteiger partial charge in [0.05, 0.1) is 6.54 Å². The van der Waals surface area contributed by atoms with Gasteiger partial charge in [-0.3, -0.25) is 14.2 Å². The molecule has 7 heteroatoms. The minimum atomic E-state index is -0.583. The number of amides is 1. The van der Waals surface area contributed by atoms with Crippen molar-refractivity contribution in [2.24, 2.45) is 0 Å². The summed E-state index contributed by atoms with van der Waals surface area (Å²) in [7, 11) is 0. The van der Waals surface area contributed by atoms with Crippen molar-refractivity contribution in [1.82, 2.24) is 14.9 Å². The fourth-order valence-electron chi connectivity index (χ4n) is 1.72. The maximum Gasteiger partial charge on any atom is 0.328 e. The van der Waals surface area contributed by atoms with Crippen molar-refractivity contribution >= 4 is 17.2 Å². The molecular formula is C13H15N3O3S. The monoisotopic (exact) mass is 293 g/mol. The Morgan fingerprint density at radius 3 is 2.80 bits per heavy atom. The van der Waals surface area contributed by atoms with Crippen molar-refractivity contribution < 1.29 is 4.79 Å². The summed E-state index contributed by atoms with van der Waals surface area (Å²) >= 11 is 1.45. The van der Waals surface area contributed by atoms with Gasteiger partial charge in [-0.1, -0.05) is 6.07 Å². The molecule has 0 fully saturated rings. The van der Waals surface area contributed by atoms with E-state index in [9.17, 15) is 14.4 Å². The van der Waals surface area contributed by atoms with Gasteiger partial charge in [-0.25, -0.2) is 4.79 Å². The summed E-state index contributed by atoms with van der Waals surface area (Å²) in [6.45, 7) is 3.76. The van der Waals surface area contributed by atoms with Crippen molar-refractivity contribution in [3.63, 3.8) is 0 Å². The minimum Gasteiger partial charge on any atom is -0.350 e. The second-order valence-corrected chi connectivity index (χ2v) is 5.64. The molecular weight excluding hydrogens is 278 g/mol. The normalized spacial score (nSPS) is 10.8. The van der Waals surface area contributed by atoms with Gasteiger partial charge in [0.15, 0.2) is 0 Å². The van der Waals surface area contributed by atoms with Crippen molar-refractivity contribution in [1.29, 1.82) is 0 Å². The van der Waals surface area contributed by atoms with Crippen LogP contribution in [0.2, 0.25) is 0 Å². The second kappa shape index (κ2) is 5.87. The number of carbonyl (C=O) groups is 1. The molecule has 0 saturated heterocycles. The summed E-state index contributed by atoms with van der Waals surface area (Å²) in [5, 5.41) is 4.50. The van der Waals surface area contributed by atoms with Gasteiger partial charge in [0, 0.05) is 17.1 Å². The van der Waals surface area contributed by atoms with Gasteiger partial charge >= 0.3 is 5.69 Å². The van der Waals surface area contributed by atoms with Gasteiger partial charge in [0.1, 0.15) is 5.56 Å².